The van der Waals surface area contributed by atoms with Crippen LogP contribution in [-0.2, 0) is 14.4 Å². The van der Waals surface area contributed by atoms with E-state index in [1.165, 1.54) is 6.08 Å². The Morgan fingerprint density at radius 1 is 1.06 bits per heavy atom. The molecule has 0 spiro atoms. The number of nitrogens with one attached hydrogen (secondary N) is 2. The Bertz CT molecular complexity index is 1060. The van der Waals surface area contributed by atoms with E-state index < -0.39 is 17.6 Å². The smallest absolute Gasteiger partial charge is 0.259 e. The minimum atomic E-state index is -0.672. The highest BCUT2D eigenvalue weighted by molar-refractivity contribution is 6.27. The molecule has 194 valence electrons. The monoisotopic (exact) mass is 494 g/mol. The Hall–Kier alpha value is -2.67. The summed E-state index contributed by atoms with van der Waals surface area (Å²) >= 11 is 0. The fraction of sp³-hybridized carbons (Fsp3) is 0.621. The van der Waals surface area contributed by atoms with Crippen molar-refractivity contribution >= 4 is 17.6 Å². The second-order valence-corrected chi connectivity index (χ2v) is 11.4. The summed E-state index contributed by atoms with van der Waals surface area (Å²) in [6.45, 7) is 4.63. The number of aliphatic hydroxyl groups excluding tert-OH is 1. The van der Waals surface area contributed by atoms with Crippen LogP contribution in [0.3, 0.4) is 0 Å². The molecule has 5 rings (SSSR count). The van der Waals surface area contributed by atoms with Gasteiger partial charge in [0.2, 0.25) is 5.91 Å². The first kappa shape index (κ1) is 25.0. The van der Waals surface area contributed by atoms with Gasteiger partial charge in [0.05, 0.1) is 11.6 Å². The number of allylic oxidation sites excluding steroid dienone is 4. The molecule has 0 aromatic carbocycles. The van der Waals surface area contributed by atoms with Crippen LogP contribution >= 0.6 is 0 Å². The zero-order valence-corrected chi connectivity index (χ0v) is 21.2. The van der Waals surface area contributed by atoms with E-state index in [0.29, 0.717) is 37.1 Å². The predicted molar refractivity (Wildman–Crippen MR) is 135 cm³/mol. The Kier molecular flexibility index (Phi) is 6.70. The van der Waals surface area contributed by atoms with E-state index in [9.17, 15) is 24.6 Å². The van der Waals surface area contributed by atoms with Crippen molar-refractivity contribution < 1.29 is 24.6 Å². The third-order valence-corrected chi connectivity index (χ3v) is 9.76. The molecule has 2 saturated carbocycles. The lowest BCUT2D eigenvalue weighted by Crippen LogP contribution is -2.41. The molecular formula is C29H38N2O5. The van der Waals surface area contributed by atoms with Crippen LogP contribution in [0.2, 0.25) is 0 Å². The first-order chi connectivity index (χ1) is 17.2. The Morgan fingerprint density at radius 3 is 2.64 bits per heavy atom. The average Bonchev–Trinajstić information content (AvgIpc) is 3.44. The molecule has 5 aliphatic rings. The SMILES string of the molecule is CC[C@]1(O)[C@H](C)C[C@@H]2[C@H]3C[C@H]4/C=C/C(O)=C5/C(=O)N[C@@H](CCCNC(=O)/C=C\C[C@@H]4[C@H]3C=C[C@H]21)C5=O. The van der Waals surface area contributed by atoms with Gasteiger partial charge in [-0.15, -0.1) is 0 Å². The molecule has 0 aromatic rings. The van der Waals surface area contributed by atoms with Gasteiger partial charge in [0.1, 0.15) is 11.3 Å². The van der Waals surface area contributed by atoms with Gasteiger partial charge in [-0.3, -0.25) is 14.4 Å². The summed E-state index contributed by atoms with van der Waals surface area (Å²) in [5, 5.41) is 27.7. The number of rotatable bonds is 1. The van der Waals surface area contributed by atoms with Crippen molar-refractivity contribution in [1.29, 1.82) is 0 Å². The van der Waals surface area contributed by atoms with Crippen molar-refractivity contribution in [3.63, 3.8) is 0 Å². The van der Waals surface area contributed by atoms with Crippen molar-refractivity contribution in [3.8, 4) is 0 Å². The average molecular weight is 495 g/mol. The highest BCUT2D eigenvalue weighted by atomic mass is 16.3. The number of Topliss-reactive ketones (excluding diaryl/α,β-unsaturated/α-hetero) is 1. The van der Waals surface area contributed by atoms with E-state index in [1.807, 2.05) is 12.2 Å². The molecule has 4 N–H and O–H groups in total. The summed E-state index contributed by atoms with van der Waals surface area (Å²) in [5.74, 6) is 0.503. The van der Waals surface area contributed by atoms with E-state index in [4.69, 9.17) is 0 Å². The number of hydrogen-bond acceptors (Lipinski definition) is 5. The normalized spacial score (nSPS) is 46.5. The predicted octanol–water partition coefficient (Wildman–Crippen LogP) is 3.13. The highest BCUT2D eigenvalue weighted by Gasteiger charge is 2.57. The van der Waals surface area contributed by atoms with Gasteiger partial charge in [-0.05, 0) is 86.2 Å². The maximum Gasteiger partial charge on any atom is 0.259 e. The van der Waals surface area contributed by atoms with Gasteiger partial charge in [0.25, 0.3) is 5.91 Å². The molecule has 9 atom stereocenters. The van der Waals surface area contributed by atoms with Crippen LogP contribution in [0.1, 0.15) is 52.4 Å². The fourth-order valence-corrected chi connectivity index (χ4v) is 7.82. The van der Waals surface area contributed by atoms with Crippen LogP contribution in [0.15, 0.2) is 47.8 Å². The van der Waals surface area contributed by atoms with Crippen LogP contribution in [0.4, 0.5) is 0 Å². The molecule has 7 nitrogen and oxygen atoms in total. The maximum atomic E-state index is 12.8. The standard InChI is InChI=1S/C29H38N2O5/c1-3-29(36)16(2)14-21-20-15-17-9-12-24(32)26-27(34)23(31-28(26)35)7-5-13-30-25(33)8-4-6-18(17)19(20)10-11-22(21)29/h4,8-12,16-23,32,36H,3,5-7,13-15H2,1-2H3,(H,30,33)(H,31,35)/b8-4-,12-9+,26-24-/t16-,17-,18+,19-,20+,21-,22-,23+,29+/m1/s1. The number of ketones is 1. The van der Waals surface area contributed by atoms with Crippen LogP contribution < -0.4 is 10.6 Å². The molecule has 2 amide bonds. The summed E-state index contributed by atoms with van der Waals surface area (Å²) in [4.78, 5) is 37.6. The molecule has 0 radical (unpaired) electrons. The molecule has 2 heterocycles. The molecule has 0 aromatic heterocycles. The summed E-state index contributed by atoms with van der Waals surface area (Å²) in [6, 6.07) is -0.672. The summed E-state index contributed by atoms with van der Waals surface area (Å²) in [6.07, 6.45) is 15.9. The molecule has 2 aliphatic heterocycles. The van der Waals surface area contributed by atoms with Gasteiger partial charge in [-0.25, -0.2) is 0 Å². The summed E-state index contributed by atoms with van der Waals surface area (Å²) < 4.78 is 0. The van der Waals surface area contributed by atoms with Crippen LogP contribution in [0, 0.1) is 41.4 Å². The third-order valence-electron chi connectivity index (χ3n) is 9.76. The van der Waals surface area contributed by atoms with E-state index in [0.717, 1.165) is 25.7 Å². The van der Waals surface area contributed by atoms with Gasteiger partial charge in [0.15, 0.2) is 5.78 Å². The zero-order chi connectivity index (χ0) is 25.6. The van der Waals surface area contributed by atoms with Crippen molar-refractivity contribution in [2.75, 3.05) is 6.54 Å². The molecule has 2 bridgehead atoms. The lowest BCUT2D eigenvalue weighted by atomic mass is 9.68. The molecule has 1 saturated heterocycles. The lowest BCUT2D eigenvalue weighted by molar-refractivity contribution is -0.118. The van der Waals surface area contributed by atoms with Gasteiger partial charge < -0.3 is 20.8 Å². The molecule has 3 fully saturated rings. The largest absolute Gasteiger partial charge is 0.507 e. The van der Waals surface area contributed by atoms with E-state index in [2.05, 4.69) is 36.6 Å². The summed E-state index contributed by atoms with van der Waals surface area (Å²) in [5.41, 5.74) is -0.841. The number of fused-ring (bicyclic) bond motifs is 7. The first-order valence-electron chi connectivity index (χ1n) is 13.6. The second-order valence-electron chi connectivity index (χ2n) is 11.4. The third kappa shape index (κ3) is 4.15. The molecule has 36 heavy (non-hydrogen) atoms. The second kappa shape index (κ2) is 9.66. The number of carbonyl (C=O) groups is 3. The number of carbonyl (C=O) groups excluding carboxylic acids is 3. The van der Waals surface area contributed by atoms with Crippen molar-refractivity contribution in [1.82, 2.24) is 10.6 Å². The summed E-state index contributed by atoms with van der Waals surface area (Å²) in [7, 11) is 0. The van der Waals surface area contributed by atoms with Crippen molar-refractivity contribution in [2.24, 2.45) is 41.4 Å². The number of hydrogen-bond donors (Lipinski definition) is 4. The van der Waals surface area contributed by atoms with Crippen LogP contribution in [0.25, 0.3) is 0 Å². The van der Waals surface area contributed by atoms with E-state index in [1.54, 1.807) is 6.08 Å². The van der Waals surface area contributed by atoms with Crippen molar-refractivity contribution in [2.45, 2.75) is 64.0 Å². The van der Waals surface area contributed by atoms with Crippen LogP contribution in [-0.4, -0.2) is 46.0 Å². The van der Waals surface area contributed by atoms with Crippen LogP contribution in [0.5, 0.6) is 0 Å². The maximum absolute atomic E-state index is 12.8. The van der Waals surface area contributed by atoms with E-state index in [-0.39, 0.29) is 46.7 Å². The number of amides is 2. The minimum absolute atomic E-state index is 0.118. The quantitative estimate of drug-likeness (QED) is 0.330. The topological polar surface area (TPSA) is 116 Å². The Labute approximate surface area is 212 Å². The highest BCUT2D eigenvalue weighted by Crippen LogP contribution is 2.60. The minimum Gasteiger partial charge on any atom is -0.507 e. The molecular weight excluding hydrogens is 456 g/mol. The number of aliphatic hydroxyl groups is 2. The fourth-order valence-electron chi connectivity index (χ4n) is 7.82. The van der Waals surface area contributed by atoms with Gasteiger partial charge >= 0.3 is 0 Å². The lowest BCUT2D eigenvalue weighted by Gasteiger charge is -2.39. The van der Waals surface area contributed by atoms with Gasteiger partial charge in [-0.2, -0.15) is 0 Å². The molecule has 7 heteroatoms. The van der Waals surface area contributed by atoms with Crippen molar-refractivity contribution in [3.05, 3.63) is 47.8 Å². The van der Waals surface area contributed by atoms with Gasteiger partial charge in [0, 0.05) is 12.5 Å². The van der Waals surface area contributed by atoms with E-state index >= 15 is 0 Å². The molecule has 0 unspecified atom stereocenters. The Balaban J connectivity index is 1.47. The zero-order valence-electron chi connectivity index (χ0n) is 21.2. The van der Waals surface area contributed by atoms with Gasteiger partial charge in [-0.1, -0.05) is 38.2 Å². The first-order valence-corrected chi connectivity index (χ1v) is 13.6. The Morgan fingerprint density at radius 2 is 1.86 bits per heavy atom. The molecule has 3 aliphatic carbocycles.